The minimum atomic E-state index is -4.47. The maximum Gasteiger partial charge on any atom is 0.416 e. The van der Waals surface area contributed by atoms with Crippen LogP contribution in [-0.4, -0.2) is 79.6 Å². The van der Waals surface area contributed by atoms with Crippen LogP contribution in [0.3, 0.4) is 0 Å². The molecule has 1 N–H and O–H groups in total. The SMILES string of the molecule is O=C(CNc1cccc2c1CCN(CC1CC1)C2)N(CCN1CCOCC1)Cc1ccccc1C(F)(F)F. The van der Waals surface area contributed by atoms with Crippen LogP contribution in [0, 0.1) is 5.92 Å². The molecule has 0 aromatic heterocycles. The van der Waals surface area contributed by atoms with Crippen LogP contribution in [0.2, 0.25) is 0 Å². The van der Waals surface area contributed by atoms with E-state index in [1.165, 1.54) is 36.1 Å². The molecule has 2 aliphatic heterocycles. The third kappa shape index (κ3) is 7.07. The first-order chi connectivity index (χ1) is 18.4. The number of benzene rings is 2. The molecule has 38 heavy (non-hydrogen) atoms. The molecule has 2 fully saturated rings. The van der Waals surface area contributed by atoms with Crippen molar-refractivity contribution in [2.24, 2.45) is 5.92 Å². The number of carbonyl (C=O) groups excluding carboxylic acids is 1. The monoisotopic (exact) mass is 530 g/mol. The summed E-state index contributed by atoms with van der Waals surface area (Å²) in [6.45, 7) is 6.78. The van der Waals surface area contributed by atoms with Crippen molar-refractivity contribution in [2.45, 2.75) is 38.5 Å². The van der Waals surface area contributed by atoms with Crippen molar-refractivity contribution in [1.29, 1.82) is 0 Å². The van der Waals surface area contributed by atoms with Gasteiger partial charge in [-0.1, -0.05) is 30.3 Å². The van der Waals surface area contributed by atoms with E-state index in [0.29, 0.717) is 26.3 Å². The summed E-state index contributed by atoms with van der Waals surface area (Å²) in [5.41, 5.74) is 2.91. The zero-order valence-electron chi connectivity index (χ0n) is 21.8. The normalized spacial score (nSPS) is 18.7. The molecule has 1 saturated carbocycles. The Bertz CT molecular complexity index is 1100. The average Bonchev–Trinajstić information content (AvgIpc) is 3.73. The molecule has 6 nitrogen and oxygen atoms in total. The number of nitrogens with zero attached hydrogens (tertiary/aromatic N) is 3. The molecule has 0 radical (unpaired) electrons. The smallest absolute Gasteiger partial charge is 0.379 e. The summed E-state index contributed by atoms with van der Waals surface area (Å²) in [6.07, 6.45) is -0.867. The second-order valence-electron chi connectivity index (χ2n) is 10.6. The minimum absolute atomic E-state index is 0.0412. The second kappa shape index (κ2) is 12.1. The van der Waals surface area contributed by atoms with E-state index in [-0.39, 0.29) is 24.6 Å². The standard InChI is InChI=1S/C29H37F3N4O2/c30-29(31,32)26-6-2-1-4-24(26)21-36(13-12-34-14-16-38-17-15-34)28(37)18-33-27-7-3-5-23-20-35(11-10-25(23)27)19-22-8-9-22/h1-7,22,33H,8-21H2. The highest BCUT2D eigenvalue weighted by Crippen LogP contribution is 2.34. The van der Waals surface area contributed by atoms with Crippen LogP contribution < -0.4 is 5.32 Å². The maximum absolute atomic E-state index is 13.7. The topological polar surface area (TPSA) is 48.1 Å². The van der Waals surface area contributed by atoms with Crippen LogP contribution in [-0.2, 0) is 35.2 Å². The molecule has 1 amide bonds. The van der Waals surface area contributed by atoms with Gasteiger partial charge in [-0.2, -0.15) is 13.2 Å². The van der Waals surface area contributed by atoms with Crippen molar-refractivity contribution in [3.63, 3.8) is 0 Å². The molecule has 9 heteroatoms. The van der Waals surface area contributed by atoms with Gasteiger partial charge in [0.25, 0.3) is 0 Å². The number of fused-ring (bicyclic) bond motifs is 1. The number of amides is 1. The van der Waals surface area contributed by atoms with Gasteiger partial charge in [-0.3, -0.25) is 14.6 Å². The van der Waals surface area contributed by atoms with E-state index in [2.05, 4.69) is 21.2 Å². The molecular formula is C29H37F3N4O2. The number of carbonyl (C=O) groups is 1. The fourth-order valence-electron chi connectivity index (χ4n) is 5.46. The van der Waals surface area contributed by atoms with Gasteiger partial charge in [0.2, 0.25) is 5.91 Å². The van der Waals surface area contributed by atoms with Crippen molar-refractivity contribution in [1.82, 2.24) is 14.7 Å². The van der Waals surface area contributed by atoms with Crippen molar-refractivity contribution < 1.29 is 22.7 Å². The third-order valence-corrected chi connectivity index (χ3v) is 7.81. The predicted octanol–water partition coefficient (Wildman–Crippen LogP) is 4.25. The van der Waals surface area contributed by atoms with Crippen LogP contribution in [0.4, 0.5) is 18.9 Å². The Kier molecular flexibility index (Phi) is 8.55. The molecule has 2 aromatic carbocycles. The highest BCUT2D eigenvalue weighted by Gasteiger charge is 2.34. The van der Waals surface area contributed by atoms with Crippen molar-refractivity contribution in [3.8, 4) is 0 Å². The molecule has 0 bridgehead atoms. The van der Waals surface area contributed by atoms with Crippen molar-refractivity contribution in [2.75, 3.05) is 64.3 Å². The number of rotatable bonds is 10. The zero-order valence-corrected chi connectivity index (χ0v) is 21.8. The molecule has 2 aromatic rings. The molecule has 1 aliphatic carbocycles. The lowest BCUT2D eigenvalue weighted by atomic mass is 9.97. The molecule has 0 unspecified atom stereocenters. The summed E-state index contributed by atoms with van der Waals surface area (Å²) >= 11 is 0. The number of ether oxygens (including phenoxy) is 1. The molecule has 0 spiro atoms. The fraction of sp³-hybridized carbons (Fsp3) is 0.552. The van der Waals surface area contributed by atoms with E-state index in [4.69, 9.17) is 4.74 Å². The highest BCUT2D eigenvalue weighted by atomic mass is 19.4. The van der Waals surface area contributed by atoms with Gasteiger partial charge >= 0.3 is 6.18 Å². The van der Waals surface area contributed by atoms with Gasteiger partial charge < -0.3 is 15.0 Å². The number of nitrogens with one attached hydrogen (secondary N) is 1. The van der Waals surface area contributed by atoms with Crippen molar-refractivity contribution >= 4 is 11.6 Å². The highest BCUT2D eigenvalue weighted by molar-refractivity contribution is 5.81. The van der Waals surface area contributed by atoms with Crippen LogP contribution in [0.15, 0.2) is 42.5 Å². The molecule has 0 atom stereocenters. The summed E-state index contributed by atoms with van der Waals surface area (Å²) in [6, 6.07) is 11.7. The molecule has 1 saturated heterocycles. The maximum atomic E-state index is 13.7. The Morgan fingerprint density at radius 2 is 1.82 bits per heavy atom. The lowest BCUT2D eigenvalue weighted by molar-refractivity contribution is -0.139. The number of hydrogen-bond acceptors (Lipinski definition) is 5. The van der Waals surface area contributed by atoms with Crippen LogP contribution in [0.1, 0.15) is 35.1 Å². The Balaban J connectivity index is 1.26. The number of hydrogen-bond donors (Lipinski definition) is 1. The van der Waals surface area contributed by atoms with E-state index in [9.17, 15) is 18.0 Å². The van der Waals surface area contributed by atoms with E-state index in [0.717, 1.165) is 56.8 Å². The average molecular weight is 531 g/mol. The second-order valence-corrected chi connectivity index (χ2v) is 10.6. The van der Waals surface area contributed by atoms with Gasteiger partial charge in [0.05, 0.1) is 25.3 Å². The number of morpholine rings is 1. The lowest BCUT2D eigenvalue weighted by Gasteiger charge is -2.31. The summed E-state index contributed by atoms with van der Waals surface area (Å²) in [7, 11) is 0. The van der Waals surface area contributed by atoms with Gasteiger partial charge in [-0.25, -0.2) is 0 Å². The summed E-state index contributed by atoms with van der Waals surface area (Å²) in [5.74, 6) is 0.639. The van der Waals surface area contributed by atoms with Gasteiger partial charge in [0, 0.05) is 58.0 Å². The quantitative estimate of drug-likeness (QED) is 0.498. The number of halogens is 3. The Morgan fingerprint density at radius 3 is 2.58 bits per heavy atom. The predicted molar refractivity (Wildman–Crippen MR) is 141 cm³/mol. The summed E-state index contributed by atoms with van der Waals surface area (Å²) in [4.78, 5) is 19.7. The fourth-order valence-corrected chi connectivity index (χ4v) is 5.46. The summed E-state index contributed by atoms with van der Waals surface area (Å²) in [5, 5.41) is 3.32. The van der Waals surface area contributed by atoms with Gasteiger partial charge in [-0.05, 0) is 54.0 Å². The van der Waals surface area contributed by atoms with E-state index in [1.807, 2.05) is 12.1 Å². The van der Waals surface area contributed by atoms with E-state index >= 15 is 0 Å². The lowest BCUT2D eigenvalue weighted by Crippen LogP contribution is -2.44. The zero-order chi connectivity index (χ0) is 26.5. The van der Waals surface area contributed by atoms with Crippen LogP contribution >= 0.6 is 0 Å². The minimum Gasteiger partial charge on any atom is -0.379 e. The Labute approximate surface area is 222 Å². The number of anilines is 1. The first-order valence-electron chi connectivity index (χ1n) is 13.7. The van der Waals surface area contributed by atoms with Crippen molar-refractivity contribution in [3.05, 3.63) is 64.7 Å². The van der Waals surface area contributed by atoms with Gasteiger partial charge in [0.1, 0.15) is 0 Å². The molecular weight excluding hydrogens is 493 g/mol. The first-order valence-corrected chi connectivity index (χ1v) is 13.7. The van der Waals surface area contributed by atoms with Crippen LogP contribution in [0.5, 0.6) is 0 Å². The third-order valence-electron chi connectivity index (χ3n) is 7.81. The molecule has 2 heterocycles. The molecule has 5 rings (SSSR count). The van der Waals surface area contributed by atoms with E-state index in [1.54, 1.807) is 11.0 Å². The van der Waals surface area contributed by atoms with Crippen LogP contribution in [0.25, 0.3) is 0 Å². The molecule has 206 valence electrons. The Morgan fingerprint density at radius 1 is 1.03 bits per heavy atom. The summed E-state index contributed by atoms with van der Waals surface area (Å²) < 4.78 is 46.4. The number of alkyl halides is 3. The van der Waals surface area contributed by atoms with Gasteiger partial charge in [0.15, 0.2) is 0 Å². The molecule has 3 aliphatic rings. The Hall–Kier alpha value is -2.62. The largest absolute Gasteiger partial charge is 0.416 e. The van der Waals surface area contributed by atoms with E-state index < -0.39 is 11.7 Å². The first kappa shape index (κ1) is 27.0. The van der Waals surface area contributed by atoms with Gasteiger partial charge in [-0.15, -0.1) is 0 Å².